The van der Waals surface area contributed by atoms with Gasteiger partial charge < -0.3 is 41.9 Å². The Hall–Kier alpha value is -5.50. The molecule has 0 aliphatic carbocycles. The number of nitrogens with zero attached hydrogens (tertiary/aromatic N) is 1. The van der Waals surface area contributed by atoms with E-state index in [1.54, 1.807) is 0 Å². The number of rotatable bonds is 10. The number of aliphatic carboxylic acids is 2. The van der Waals surface area contributed by atoms with Gasteiger partial charge in [0.15, 0.2) is 0 Å². The van der Waals surface area contributed by atoms with Gasteiger partial charge in [0.05, 0.1) is 6.54 Å². The molecule has 13 heteroatoms. The number of carboxylic acid groups (broad SMARTS) is 2. The highest BCUT2D eigenvalue weighted by atomic mass is 16.5. The van der Waals surface area contributed by atoms with Crippen LogP contribution < -0.4 is 15.8 Å². The number of carbonyl (C=O) groups excluding carboxylic acids is 2. The lowest BCUT2D eigenvalue weighted by Gasteiger charge is -2.14. The highest BCUT2D eigenvalue weighted by molar-refractivity contribution is 6.04. The summed E-state index contributed by atoms with van der Waals surface area (Å²) in [5.74, 6) is -1.36. The first kappa shape index (κ1) is 34.7. The lowest BCUT2D eigenvalue weighted by atomic mass is 10.0. The van der Waals surface area contributed by atoms with Crippen LogP contribution in [-0.2, 0) is 33.8 Å². The van der Waals surface area contributed by atoms with Gasteiger partial charge in [-0.2, -0.15) is 0 Å². The van der Waals surface area contributed by atoms with Crippen molar-refractivity contribution in [1.29, 1.82) is 0 Å². The first-order valence-electron chi connectivity index (χ1n) is 13.1. The first-order chi connectivity index (χ1) is 20.2. The minimum Gasteiger partial charge on any atom is -0.478 e. The van der Waals surface area contributed by atoms with Crippen LogP contribution >= 0.6 is 0 Å². The zero-order valence-electron chi connectivity index (χ0n) is 23.5. The minimum absolute atomic E-state index is 0. The maximum atomic E-state index is 13.1. The summed E-state index contributed by atoms with van der Waals surface area (Å²) in [6.45, 7) is 0.756. The Morgan fingerprint density at radius 3 is 2.23 bits per heavy atom. The number of benzene rings is 3. The smallest absolute Gasteiger partial charge is 0.328 e. The number of aromatic nitrogens is 1. The Morgan fingerprint density at radius 1 is 0.886 bits per heavy atom. The molecule has 1 aliphatic rings. The monoisotopic (exact) mass is 606 g/mol. The van der Waals surface area contributed by atoms with Crippen LogP contribution in [0.1, 0.15) is 16.7 Å². The highest BCUT2D eigenvalue weighted by Crippen LogP contribution is 2.25. The van der Waals surface area contributed by atoms with Crippen molar-refractivity contribution in [2.45, 2.75) is 25.4 Å². The number of amides is 3. The maximum Gasteiger partial charge on any atom is 0.328 e. The summed E-state index contributed by atoms with van der Waals surface area (Å²) in [4.78, 5) is 49.3. The molecule has 232 valence electrons. The number of H-pyrrole nitrogens is 1. The first-order valence-corrected chi connectivity index (χ1v) is 13.1. The Balaban J connectivity index is 0.000000599. The highest BCUT2D eigenvalue weighted by Gasteiger charge is 2.37. The number of hydrogen-bond donors (Lipinski definition) is 5. The fourth-order valence-electron chi connectivity index (χ4n) is 4.47. The molecule has 0 saturated carbocycles. The lowest BCUT2D eigenvalue weighted by Crippen LogP contribution is -2.32. The van der Waals surface area contributed by atoms with Crippen LogP contribution in [0, 0.1) is 0 Å². The fraction of sp³-hybridized carbons (Fsp3) is 0.161. The van der Waals surface area contributed by atoms with E-state index in [4.69, 9.17) is 20.7 Å². The molecule has 1 fully saturated rings. The zero-order valence-corrected chi connectivity index (χ0v) is 23.5. The van der Waals surface area contributed by atoms with E-state index in [1.807, 2.05) is 72.9 Å². The zero-order chi connectivity index (χ0) is 30.1. The van der Waals surface area contributed by atoms with Crippen molar-refractivity contribution in [2.24, 2.45) is 5.73 Å². The van der Waals surface area contributed by atoms with Gasteiger partial charge in [-0.05, 0) is 66.1 Å². The molecule has 10 N–H and O–H groups in total. The number of aromatic amines is 1. The van der Waals surface area contributed by atoms with Crippen molar-refractivity contribution in [3.63, 3.8) is 0 Å². The lowest BCUT2D eigenvalue weighted by molar-refractivity contribution is -0.134. The number of nitrogens with two attached hydrogens (primary N) is 1. The Labute approximate surface area is 252 Å². The molecule has 13 nitrogen and oxygen atoms in total. The molecular weight excluding hydrogens is 572 g/mol. The number of nitrogens with one attached hydrogen (secondary N) is 2. The largest absolute Gasteiger partial charge is 0.478 e. The standard InChI is InChI=1S/C27H26N4O3.C4H4O4.2H2O/c28-12-11-20-16-29-24-10-9-18(14-23(20)24)15-25-26(32)31(27(33)30-25)17-19-5-4-8-22(13-19)34-21-6-2-1-3-7-21;5-3(6)1-2-4(7)8;;/h1-10,13-14,16,25,29H,11-12,15,17,28H2,(H,30,33);1-2H,(H,5,6)(H,7,8);2*1H2. The van der Waals surface area contributed by atoms with Crippen molar-refractivity contribution in [3.8, 4) is 11.5 Å². The molecular formula is C31H34N4O9. The quantitative estimate of drug-likeness (QED) is 0.132. The van der Waals surface area contributed by atoms with Crippen LogP contribution in [0.2, 0.25) is 0 Å². The average Bonchev–Trinajstić information content (AvgIpc) is 3.48. The molecule has 5 rings (SSSR count). The van der Waals surface area contributed by atoms with E-state index < -0.39 is 18.0 Å². The predicted octanol–water partition coefficient (Wildman–Crippen LogP) is 2.19. The molecule has 44 heavy (non-hydrogen) atoms. The van der Waals surface area contributed by atoms with Crippen molar-refractivity contribution in [1.82, 2.24) is 15.2 Å². The molecule has 0 spiro atoms. The number of para-hydroxylation sites is 1. The summed E-state index contributed by atoms with van der Waals surface area (Å²) < 4.78 is 5.88. The molecule has 1 aliphatic heterocycles. The Bertz CT molecular complexity index is 1600. The third-order valence-corrected chi connectivity index (χ3v) is 6.38. The number of fused-ring (bicyclic) bond motifs is 1. The van der Waals surface area contributed by atoms with E-state index in [2.05, 4.69) is 16.4 Å². The molecule has 3 aromatic carbocycles. The van der Waals surface area contributed by atoms with Crippen LogP contribution in [0.5, 0.6) is 11.5 Å². The van der Waals surface area contributed by atoms with Crippen molar-refractivity contribution in [3.05, 3.63) is 108 Å². The SMILES string of the molecule is NCCc1c[nH]c2ccc(CC3NC(=O)N(Cc4cccc(Oc5ccccc5)c4)C3=O)cc12.O.O.O=C(O)C=CC(=O)O. The van der Waals surface area contributed by atoms with Gasteiger partial charge in [0, 0.05) is 35.7 Å². The summed E-state index contributed by atoms with van der Waals surface area (Å²) in [6.07, 6.45) is 4.30. The number of ether oxygens (including phenoxy) is 1. The van der Waals surface area contributed by atoms with Gasteiger partial charge >= 0.3 is 18.0 Å². The third kappa shape index (κ3) is 9.25. The predicted molar refractivity (Wildman–Crippen MR) is 162 cm³/mol. The normalized spacial score (nSPS) is 13.8. The van der Waals surface area contributed by atoms with E-state index in [0.29, 0.717) is 30.9 Å². The molecule has 1 saturated heterocycles. The summed E-state index contributed by atoms with van der Waals surface area (Å²) in [7, 11) is 0. The number of carboxylic acids is 2. The van der Waals surface area contributed by atoms with Gasteiger partial charge in [-0.25, -0.2) is 14.4 Å². The van der Waals surface area contributed by atoms with E-state index in [1.165, 1.54) is 4.90 Å². The van der Waals surface area contributed by atoms with Gasteiger partial charge in [-0.1, -0.05) is 36.4 Å². The molecule has 2 heterocycles. The summed E-state index contributed by atoms with van der Waals surface area (Å²) in [5.41, 5.74) is 9.72. The van der Waals surface area contributed by atoms with Gasteiger partial charge in [0.25, 0.3) is 5.91 Å². The van der Waals surface area contributed by atoms with Crippen molar-refractivity contribution < 1.29 is 45.1 Å². The van der Waals surface area contributed by atoms with Gasteiger partial charge in [0.2, 0.25) is 0 Å². The molecule has 0 bridgehead atoms. The number of urea groups is 1. The molecule has 1 atom stereocenters. The third-order valence-electron chi connectivity index (χ3n) is 6.38. The topological polar surface area (TPSA) is 238 Å². The van der Waals surface area contributed by atoms with E-state index in [-0.39, 0.29) is 29.4 Å². The Kier molecular flexibility index (Phi) is 12.8. The summed E-state index contributed by atoms with van der Waals surface area (Å²) in [6, 6.07) is 22.0. The number of carbonyl (C=O) groups is 4. The second kappa shape index (κ2) is 16.2. The fourth-order valence-corrected chi connectivity index (χ4v) is 4.47. The number of hydrogen-bond acceptors (Lipinski definition) is 6. The van der Waals surface area contributed by atoms with Crippen LogP contribution in [-0.4, -0.2) is 67.5 Å². The molecule has 3 amide bonds. The van der Waals surface area contributed by atoms with Crippen LogP contribution in [0.15, 0.2) is 91.1 Å². The second-order valence-electron chi connectivity index (χ2n) is 9.44. The Morgan fingerprint density at radius 2 is 1.57 bits per heavy atom. The molecule has 1 aromatic heterocycles. The van der Waals surface area contributed by atoms with Gasteiger partial charge in [-0.3, -0.25) is 9.69 Å². The van der Waals surface area contributed by atoms with E-state index in [0.717, 1.165) is 39.8 Å². The average molecular weight is 607 g/mol. The minimum atomic E-state index is -1.26. The van der Waals surface area contributed by atoms with Gasteiger partial charge in [-0.15, -0.1) is 0 Å². The van der Waals surface area contributed by atoms with Gasteiger partial charge in [0.1, 0.15) is 17.5 Å². The summed E-state index contributed by atoms with van der Waals surface area (Å²) in [5, 5.41) is 19.6. The summed E-state index contributed by atoms with van der Waals surface area (Å²) >= 11 is 0. The molecule has 1 unspecified atom stereocenters. The van der Waals surface area contributed by atoms with E-state index in [9.17, 15) is 19.2 Å². The molecule has 0 radical (unpaired) electrons. The van der Waals surface area contributed by atoms with Crippen LogP contribution in [0.4, 0.5) is 4.79 Å². The molecule has 4 aromatic rings. The number of imide groups is 1. The van der Waals surface area contributed by atoms with Crippen LogP contribution in [0.25, 0.3) is 10.9 Å². The second-order valence-corrected chi connectivity index (χ2v) is 9.44. The maximum absolute atomic E-state index is 13.1. The van der Waals surface area contributed by atoms with Crippen molar-refractivity contribution in [2.75, 3.05) is 6.54 Å². The van der Waals surface area contributed by atoms with Crippen LogP contribution in [0.3, 0.4) is 0 Å². The van der Waals surface area contributed by atoms with E-state index >= 15 is 0 Å². The van der Waals surface area contributed by atoms with Crippen molar-refractivity contribution >= 4 is 34.8 Å².